The fourth-order valence-electron chi connectivity index (χ4n) is 9.74. The van der Waals surface area contributed by atoms with Gasteiger partial charge in [-0.05, 0) is 85.2 Å². The average Bonchev–Trinajstić information content (AvgIpc) is 3.96. The second-order valence-corrected chi connectivity index (χ2v) is 17.6. The first kappa shape index (κ1) is 34.9. The van der Waals surface area contributed by atoms with Crippen LogP contribution in [0.2, 0.25) is 5.02 Å². The highest BCUT2D eigenvalue weighted by Crippen LogP contribution is 2.64. The van der Waals surface area contributed by atoms with E-state index in [1.807, 2.05) is 73.8 Å². The summed E-state index contributed by atoms with van der Waals surface area (Å²) in [5.41, 5.74) is 2.33. The van der Waals surface area contributed by atoms with Crippen LogP contribution >= 0.6 is 34.3 Å². The number of amides is 4. The van der Waals surface area contributed by atoms with Crippen LogP contribution in [0.15, 0.2) is 84.3 Å². The summed E-state index contributed by atoms with van der Waals surface area (Å²) in [6, 6.07) is 16.8. The lowest BCUT2D eigenvalue weighted by Gasteiger charge is -2.49. The fourth-order valence-corrected chi connectivity index (χ4v) is 11.7. The molecule has 2 aromatic carbocycles. The van der Waals surface area contributed by atoms with Gasteiger partial charge in [0.05, 0.1) is 34.6 Å². The van der Waals surface area contributed by atoms with E-state index in [4.69, 9.17) is 16.7 Å². The number of hydrogen-bond donors (Lipinski definition) is 1. The number of allylic oxidation sites excluding steroid dienone is 3. The topological polar surface area (TPSA) is 113 Å². The molecule has 0 spiro atoms. The van der Waals surface area contributed by atoms with Gasteiger partial charge in [-0.2, -0.15) is 5.10 Å². The maximum atomic E-state index is 15.2. The zero-order valence-corrected chi connectivity index (χ0v) is 32.3. The molecule has 0 radical (unpaired) electrons. The number of aromatic hydroxyl groups is 1. The highest BCUT2D eigenvalue weighted by molar-refractivity contribution is 7.22. The van der Waals surface area contributed by atoms with Gasteiger partial charge in [-0.25, -0.2) is 4.90 Å². The molecule has 5 heterocycles. The number of imide groups is 2. The van der Waals surface area contributed by atoms with Gasteiger partial charge >= 0.3 is 0 Å². The van der Waals surface area contributed by atoms with Gasteiger partial charge in [0.25, 0.3) is 0 Å². The molecule has 1 saturated carbocycles. The number of rotatable bonds is 7. The Kier molecular flexibility index (Phi) is 8.15. The van der Waals surface area contributed by atoms with Crippen molar-refractivity contribution in [3.8, 4) is 16.3 Å². The summed E-state index contributed by atoms with van der Waals surface area (Å²) in [6.07, 6.45) is 4.69. The fraction of sp³-hybridized carbons (Fsp3) is 0.310. The second kappa shape index (κ2) is 12.6. The minimum absolute atomic E-state index is 0.0426. The molecule has 3 aromatic heterocycles. The summed E-state index contributed by atoms with van der Waals surface area (Å²) in [7, 11) is 1.73. The zero-order chi connectivity index (χ0) is 37.8. The number of carbonyl (C=O) groups excluding carboxylic acids is 4. The van der Waals surface area contributed by atoms with E-state index in [9.17, 15) is 19.5 Å². The van der Waals surface area contributed by atoms with E-state index in [1.165, 1.54) is 21.1 Å². The standard InChI is InChI=1S/C42H37ClN4O5S2/c1-5-8-22-9-6-11-27(36(22)48)35-25-13-14-26-34(40(51)46(38(26)49)20-24-10-7-16-53-24)29(25)18-30-39(50)47(41(52)42(30,35)3)33-19-31(44-45(33)4)37-21(2)28-17-23(43)12-15-32(28)54-37/h5-7,9-13,15-17,19,26,29-30,34-35,48H,1,8,14,18,20H2,2-4H3/t26-,29+,30-,34-,35+,42+/m0/s1. The van der Waals surface area contributed by atoms with Crippen molar-refractivity contribution in [3.63, 3.8) is 0 Å². The van der Waals surface area contributed by atoms with Gasteiger partial charge in [0.1, 0.15) is 17.3 Å². The lowest BCUT2D eigenvalue weighted by molar-refractivity contribution is -0.141. The third-order valence-corrected chi connectivity index (χ3v) is 14.7. The summed E-state index contributed by atoms with van der Waals surface area (Å²) in [4.78, 5) is 62.7. The van der Waals surface area contributed by atoms with E-state index in [1.54, 1.807) is 35.2 Å². The van der Waals surface area contributed by atoms with Crippen molar-refractivity contribution >= 4 is 73.8 Å². The van der Waals surface area contributed by atoms with E-state index in [0.717, 1.165) is 31.0 Å². The Bertz CT molecular complexity index is 2480. The summed E-state index contributed by atoms with van der Waals surface area (Å²) >= 11 is 9.39. The van der Waals surface area contributed by atoms with E-state index < -0.39 is 35.0 Å². The number of aryl methyl sites for hydroxylation is 2. The van der Waals surface area contributed by atoms with Gasteiger partial charge in [0.2, 0.25) is 23.6 Å². The number of phenolic OH excluding ortho intramolecular Hbond substituents is 1. The second-order valence-electron chi connectivity index (χ2n) is 15.1. The van der Waals surface area contributed by atoms with E-state index >= 15 is 4.79 Å². The Morgan fingerprint density at radius 2 is 1.87 bits per heavy atom. The van der Waals surface area contributed by atoms with Crippen molar-refractivity contribution in [2.24, 2.45) is 36.1 Å². The molecular formula is C42H37ClN4O5S2. The Morgan fingerprint density at radius 1 is 1.06 bits per heavy atom. The molecule has 0 bridgehead atoms. The number of halogens is 1. The molecule has 5 aromatic rings. The van der Waals surface area contributed by atoms with Crippen molar-refractivity contribution in [1.82, 2.24) is 14.7 Å². The number of thiophene rings is 2. The molecule has 9 nitrogen and oxygen atoms in total. The van der Waals surface area contributed by atoms with Gasteiger partial charge in [-0.1, -0.05) is 53.6 Å². The number of fused-ring (bicyclic) bond motifs is 5. The molecule has 0 unspecified atom stereocenters. The number of likely N-dealkylation sites (tertiary alicyclic amines) is 1. The highest BCUT2D eigenvalue weighted by Gasteiger charge is 2.68. The lowest BCUT2D eigenvalue weighted by atomic mass is 9.51. The number of hydrogen-bond acceptors (Lipinski definition) is 8. The van der Waals surface area contributed by atoms with Gasteiger partial charge in [0, 0.05) is 39.2 Å². The largest absolute Gasteiger partial charge is 0.507 e. The molecule has 274 valence electrons. The summed E-state index contributed by atoms with van der Waals surface area (Å²) in [6.45, 7) is 7.91. The minimum Gasteiger partial charge on any atom is -0.507 e. The first-order valence-electron chi connectivity index (χ1n) is 18.0. The van der Waals surface area contributed by atoms with Gasteiger partial charge in [-0.3, -0.25) is 28.8 Å². The molecule has 9 rings (SSSR count). The Labute approximate surface area is 325 Å². The molecule has 4 aliphatic rings. The molecule has 12 heteroatoms. The Hall–Kier alpha value is -4.84. The SMILES string of the molecule is C=CCc1cccc([C@H]2C3=CC[C@@H]4C(=O)N(Cc5cccs5)C(=O)[C@@H]4[C@@H]3C[C@H]3C(=O)N(c4cc(-c5sc6ccc(Cl)cc6c5C)nn4C)C(=O)[C@@]23C)c1O. The Balaban J connectivity index is 1.16. The third-order valence-electron chi connectivity index (χ3n) is 12.3. The predicted octanol–water partition coefficient (Wildman–Crippen LogP) is 8.19. The number of benzene rings is 2. The molecule has 2 aliphatic heterocycles. The molecule has 54 heavy (non-hydrogen) atoms. The molecule has 4 amide bonds. The van der Waals surface area contributed by atoms with E-state index in [-0.39, 0.29) is 42.3 Å². The van der Waals surface area contributed by atoms with Crippen LogP contribution in [0.25, 0.3) is 20.7 Å². The quantitative estimate of drug-likeness (QED) is 0.132. The first-order valence-corrected chi connectivity index (χ1v) is 20.1. The molecule has 2 aliphatic carbocycles. The minimum atomic E-state index is -1.31. The third kappa shape index (κ3) is 4.90. The Morgan fingerprint density at radius 3 is 2.63 bits per heavy atom. The maximum absolute atomic E-state index is 15.2. The first-order chi connectivity index (χ1) is 25.9. The monoisotopic (exact) mass is 776 g/mol. The van der Waals surface area contributed by atoms with Crippen molar-refractivity contribution in [3.05, 3.63) is 111 Å². The van der Waals surface area contributed by atoms with Crippen molar-refractivity contribution in [1.29, 1.82) is 0 Å². The molecule has 6 atom stereocenters. The number of nitrogens with zero attached hydrogens (tertiary/aromatic N) is 4. The van der Waals surface area contributed by atoms with Gasteiger partial charge < -0.3 is 5.11 Å². The predicted molar refractivity (Wildman–Crippen MR) is 210 cm³/mol. The van der Waals surface area contributed by atoms with Crippen molar-refractivity contribution in [2.75, 3.05) is 4.90 Å². The summed E-state index contributed by atoms with van der Waals surface area (Å²) in [5.74, 6) is -4.10. The zero-order valence-electron chi connectivity index (χ0n) is 29.9. The number of phenols is 1. The van der Waals surface area contributed by atoms with Gasteiger partial charge in [0.15, 0.2) is 0 Å². The average molecular weight is 777 g/mol. The molecule has 2 saturated heterocycles. The number of para-hydroxylation sites is 1. The summed E-state index contributed by atoms with van der Waals surface area (Å²) < 4.78 is 2.62. The highest BCUT2D eigenvalue weighted by atomic mass is 35.5. The van der Waals surface area contributed by atoms with E-state index in [0.29, 0.717) is 40.5 Å². The van der Waals surface area contributed by atoms with Crippen LogP contribution in [0.1, 0.15) is 47.3 Å². The van der Waals surface area contributed by atoms with Crippen LogP contribution in [0.5, 0.6) is 5.75 Å². The normalized spacial score (nSPS) is 26.4. The van der Waals surface area contributed by atoms with Crippen LogP contribution in [-0.4, -0.2) is 43.4 Å². The lowest BCUT2D eigenvalue weighted by Crippen LogP contribution is -2.49. The molecule has 1 N–H and O–H groups in total. The van der Waals surface area contributed by atoms with Crippen LogP contribution in [0.4, 0.5) is 5.82 Å². The summed E-state index contributed by atoms with van der Waals surface area (Å²) in [5, 5.41) is 20.2. The van der Waals surface area contributed by atoms with Crippen LogP contribution in [0, 0.1) is 36.0 Å². The maximum Gasteiger partial charge on any atom is 0.242 e. The number of aromatic nitrogens is 2. The van der Waals surface area contributed by atoms with Crippen molar-refractivity contribution < 1.29 is 24.3 Å². The van der Waals surface area contributed by atoms with Crippen molar-refractivity contribution in [2.45, 2.75) is 45.6 Å². The van der Waals surface area contributed by atoms with Crippen LogP contribution < -0.4 is 4.90 Å². The smallest absolute Gasteiger partial charge is 0.242 e. The van der Waals surface area contributed by atoms with E-state index in [2.05, 4.69) is 6.58 Å². The number of anilines is 1. The van der Waals surface area contributed by atoms with Crippen LogP contribution in [-0.2, 0) is 39.2 Å². The van der Waals surface area contributed by atoms with Gasteiger partial charge in [-0.15, -0.1) is 29.3 Å². The van der Waals surface area contributed by atoms with Crippen LogP contribution in [0.3, 0.4) is 0 Å². The number of carbonyl (C=O) groups is 4. The molecular weight excluding hydrogens is 740 g/mol. The molecule has 3 fully saturated rings.